The first-order valence-electron chi connectivity index (χ1n) is 14.0. The molecule has 1 aromatic heterocycles. The Morgan fingerprint density at radius 1 is 1.00 bits per heavy atom. The third kappa shape index (κ3) is 4.87. The Bertz CT molecular complexity index is 1360. The van der Waals surface area contributed by atoms with Crippen LogP contribution in [0, 0.1) is 5.41 Å². The zero-order valence-electron chi connectivity index (χ0n) is 22.2. The summed E-state index contributed by atoms with van der Waals surface area (Å²) in [5.74, 6) is 0. The maximum atomic E-state index is 13.9. The molecular formula is C31H36N4O4. The van der Waals surface area contributed by atoms with Crippen molar-refractivity contribution in [2.75, 3.05) is 32.8 Å². The predicted molar refractivity (Wildman–Crippen MR) is 148 cm³/mol. The number of nitrogens with zero attached hydrogens (tertiary/aromatic N) is 4. The van der Waals surface area contributed by atoms with E-state index in [9.17, 15) is 14.7 Å². The first-order chi connectivity index (χ1) is 19.0. The van der Waals surface area contributed by atoms with Gasteiger partial charge in [0, 0.05) is 36.7 Å². The van der Waals surface area contributed by atoms with Gasteiger partial charge in [0.25, 0.3) is 5.56 Å². The van der Waals surface area contributed by atoms with E-state index in [0.717, 1.165) is 36.8 Å². The number of likely N-dealkylation sites (tertiary alicyclic amines) is 1. The average Bonchev–Trinajstić information content (AvgIpc) is 3.46. The number of rotatable bonds is 4. The van der Waals surface area contributed by atoms with Gasteiger partial charge in [0.05, 0.1) is 43.4 Å². The highest BCUT2D eigenvalue weighted by Gasteiger charge is 2.56. The zero-order chi connectivity index (χ0) is 26.9. The Labute approximate surface area is 228 Å². The monoisotopic (exact) mass is 528 g/mol. The molecule has 3 heterocycles. The van der Waals surface area contributed by atoms with E-state index in [1.54, 1.807) is 12.4 Å². The summed E-state index contributed by atoms with van der Waals surface area (Å²) in [7, 11) is 0. The van der Waals surface area contributed by atoms with Crippen molar-refractivity contribution in [1.82, 2.24) is 19.4 Å². The van der Waals surface area contributed by atoms with E-state index in [1.165, 1.54) is 4.57 Å². The fraction of sp³-hybridized carbons (Fsp3) is 0.452. The zero-order valence-corrected chi connectivity index (χ0v) is 22.2. The normalized spacial score (nSPS) is 24.7. The van der Waals surface area contributed by atoms with Crippen LogP contribution in [0.1, 0.15) is 43.7 Å². The summed E-state index contributed by atoms with van der Waals surface area (Å²) in [4.78, 5) is 35.4. The summed E-state index contributed by atoms with van der Waals surface area (Å²) in [6, 6.07) is 21.1. The number of hydrogen-bond donors (Lipinski definition) is 1. The van der Waals surface area contributed by atoms with Gasteiger partial charge in [-0.15, -0.1) is 0 Å². The molecule has 2 atom stereocenters. The molecule has 3 aliphatic rings. The minimum atomic E-state index is -1.09. The van der Waals surface area contributed by atoms with Crippen molar-refractivity contribution in [2.45, 2.75) is 50.3 Å². The molecule has 1 N–H and O–H groups in total. The lowest BCUT2D eigenvalue weighted by Crippen LogP contribution is -2.64. The minimum absolute atomic E-state index is 0.00604. The van der Waals surface area contributed by atoms with Crippen LogP contribution in [0.4, 0.5) is 4.79 Å². The number of morpholine rings is 1. The fourth-order valence-corrected chi connectivity index (χ4v) is 6.82. The van der Waals surface area contributed by atoms with Crippen molar-refractivity contribution in [3.63, 3.8) is 0 Å². The number of hydrogen-bond acceptors (Lipinski definition) is 5. The van der Waals surface area contributed by atoms with Crippen LogP contribution in [-0.4, -0.2) is 68.9 Å². The Kier molecular flexibility index (Phi) is 6.99. The summed E-state index contributed by atoms with van der Waals surface area (Å²) in [5.41, 5.74) is 0.856. The van der Waals surface area contributed by atoms with Crippen LogP contribution in [0.3, 0.4) is 0 Å². The Morgan fingerprint density at radius 2 is 1.72 bits per heavy atom. The van der Waals surface area contributed by atoms with E-state index >= 15 is 0 Å². The molecule has 3 fully saturated rings. The van der Waals surface area contributed by atoms with Crippen molar-refractivity contribution in [1.29, 1.82) is 0 Å². The van der Waals surface area contributed by atoms with Crippen LogP contribution < -0.4 is 5.56 Å². The summed E-state index contributed by atoms with van der Waals surface area (Å²) in [5, 5.41) is 12.2. The van der Waals surface area contributed by atoms with Crippen molar-refractivity contribution in [2.24, 2.45) is 5.41 Å². The molecule has 8 heteroatoms. The quantitative estimate of drug-likeness (QED) is 0.551. The molecule has 204 valence electrons. The van der Waals surface area contributed by atoms with Gasteiger partial charge in [0.1, 0.15) is 0 Å². The molecular weight excluding hydrogens is 492 g/mol. The Morgan fingerprint density at radius 3 is 2.44 bits per heavy atom. The van der Waals surface area contributed by atoms with Gasteiger partial charge < -0.3 is 19.6 Å². The molecule has 2 unspecified atom stereocenters. The number of amides is 2. The maximum absolute atomic E-state index is 13.9. The summed E-state index contributed by atoms with van der Waals surface area (Å²) < 4.78 is 7.29. The maximum Gasteiger partial charge on any atom is 0.320 e. The molecule has 1 aliphatic carbocycles. The molecule has 6 rings (SSSR count). The average molecular weight is 529 g/mol. The van der Waals surface area contributed by atoms with Crippen LogP contribution in [0.2, 0.25) is 0 Å². The third-order valence-electron chi connectivity index (χ3n) is 9.05. The van der Waals surface area contributed by atoms with E-state index in [-0.39, 0.29) is 24.2 Å². The largest absolute Gasteiger partial charge is 0.387 e. The highest BCUT2D eigenvalue weighted by Crippen LogP contribution is 2.51. The van der Waals surface area contributed by atoms with Gasteiger partial charge in [-0.3, -0.25) is 9.36 Å². The molecule has 39 heavy (non-hydrogen) atoms. The van der Waals surface area contributed by atoms with E-state index in [2.05, 4.69) is 4.98 Å². The van der Waals surface area contributed by atoms with Gasteiger partial charge in [0.15, 0.2) is 0 Å². The smallest absolute Gasteiger partial charge is 0.320 e. The number of urea groups is 1. The standard InChI is InChI=1S/C31H36N4O4/c36-28-19-26(24-9-3-1-4-10-24)32-23-34(28)22-31(38)15-16-33(21-30(31)13-7-8-14-30)29(37)35-17-18-39-20-27(35)25-11-5-2-6-12-25/h1-6,9-12,19,23,27,38H,7-8,13-18,20-22H2. The fourth-order valence-electron chi connectivity index (χ4n) is 6.82. The minimum Gasteiger partial charge on any atom is -0.387 e. The SMILES string of the molecule is O=C(N1CCC(O)(Cn2cnc(-c3ccccc3)cc2=O)C2(CCCC2)C1)N1CCOCC1c1ccccc1. The first-order valence-corrected chi connectivity index (χ1v) is 14.0. The molecule has 0 radical (unpaired) electrons. The lowest BCUT2D eigenvalue weighted by atomic mass is 9.66. The van der Waals surface area contributed by atoms with Crippen molar-refractivity contribution in [3.05, 3.63) is 89.0 Å². The number of benzene rings is 2. The van der Waals surface area contributed by atoms with E-state index in [0.29, 0.717) is 45.0 Å². The van der Waals surface area contributed by atoms with Gasteiger partial charge in [-0.05, 0) is 24.8 Å². The lowest BCUT2D eigenvalue weighted by Gasteiger charge is -2.53. The van der Waals surface area contributed by atoms with Crippen LogP contribution in [0.15, 0.2) is 77.9 Å². The third-order valence-corrected chi connectivity index (χ3v) is 9.05. The number of carbonyl (C=O) groups excluding carboxylic acids is 1. The summed E-state index contributed by atoms with van der Waals surface area (Å²) >= 11 is 0. The first kappa shape index (κ1) is 25.8. The molecule has 2 saturated heterocycles. The second-order valence-electron chi connectivity index (χ2n) is 11.3. The molecule has 1 spiro atoms. The molecule has 2 amide bonds. The van der Waals surface area contributed by atoms with E-state index < -0.39 is 11.0 Å². The predicted octanol–water partition coefficient (Wildman–Crippen LogP) is 4.10. The van der Waals surface area contributed by atoms with Gasteiger partial charge in [-0.2, -0.15) is 0 Å². The summed E-state index contributed by atoms with van der Waals surface area (Å²) in [6.07, 6.45) is 5.67. The van der Waals surface area contributed by atoms with Crippen LogP contribution in [-0.2, 0) is 11.3 Å². The topological polar surface area (TPSA) is 87.9 Å². The summed E-state index contributed by atoms with van der Waals surface area (Å²) in [6.45, 7) is 2.66. The molecule has 2 aromatic carbocycles. The number of aliphatic hydroxyl groups is 1. The molecule has 1 saturated carbocycles. The lowest BCUT2D eigenvalue weighted by molar-refractivity contribution is -0.137. The van der Waals surface area contributed by atoms with E-state index in [4.69, 9.17) is 4.74 Å². The van der Waals surface area contributed by atoms with Gasteiger partial charge >= 0.3 is 6.03 Å². The second-order valence-corrected chi connectivity index (χ2v) is 11.3. The Balaban J connectivity index is 1.23. The van der Waals surface area contributed by atoms with Gasteiger partial charge in [-0.25, -0.2) is 9.78 Å². The number of piperidine rings is 1. The Hall–Kier alpha value is -3.49. The van der Waals surface area contributed by atoms with Crippen LogP contribution in [0.25, 0.3) is 11.3 Å². The molecule has 0 bridgehead atoms. The highest BCUT2D eigenvalue weighted by molar-refractivity contribution is 5.75. The molecule has 3 aromatic rings. The van der Waals surface area contributed by atoms with Gasteiger partial charge in [0.2, 0.25) is 0 Å². The number of aromatic nitrogens is 2. The van der Waals surface area contributed by atoms with Crippen LogP contribution >= 0.6 is 0 Å². The van der Waals surface area contributed by atoms with Crippen molar-refractivity contribution in [3.8, 4) is 11.3 Å². The van der Waals surface area contributed by atoms with Crippen molar-refractivity contribution < 1.29 is 14.6 Å². The second kappa shape index (κ2) is 10.6. The molecule has 8 nitrogen and oxygen atoms in total. The highest BCUT2D eigenvalue weighted by atomic mass is 16.5. The van der Waals surface area contributed by atoms with Gasteiger partial charge in [-0.1, -0.05) is 73.5 Å². The number of carbonyl (C=O) groups is 1. The van der Waals surface area contributed by atoms with Crippen molar-refractivity contribution >= 4 is 6.03 Å². The number of ether oxygens (including phenoxy) is 1. The van der Waals surface area contributed by atoms with Crippen LogP contribution in [0.5, 0.6) is 0 Å². The molecule has 2 aliphatic heterocycles. The van der Waals surface area contributed by atoms with E-state index in [1.807, 2.05) is 70.5 Å².